The molecular formula is C3H20N3O7P. The second-order valence-electron chi connectivity index (χ2n) is 1.53. The summed E-state index contributed by atoms with van der Waals surface area (Å²) in [5, 5.41) is 24.0. The van der Waals surface area contributed by atoms with Gasteiger partial charge in [0.05, 0.1) is 13.2 Å². The van der Waals surface area contributed by atoms with Crippen molar-refractivity contribution in [2.45, 2.75) is 6.10 Å². The highest BCUT2D eigenvalue weighted by molar-refractivity contribution is 7.45. The van der Waals surface area contributed by atoms with Crippen molar-refractivity contribution in [2.24, 2.45) is 0 Å². The van der Waals surface area contributed by atoms with Crippen LogP contribution in [0.3, 0.4) is 0 Å². The van der Waals surface area contributed by atoms with E-state index in [4.69, 9.17) is 34.6 Å². The van der Waals surface area contributed by atoms with Crippen molar-refractivity contribution < 1.29 is 34.6 Å². The van der Waals surface area contributed by atoms with Crippen LogP contribution in [0.25, 0.3) is 0 Å². The molecule has 0 atom stereocenters. The van der Waals surface area contributed by atoms with E-state index in [2.05, 4.69) is 0 Å². The van der Waals surface area contributed by atoms with Gasteiger partial charge in [0, 0.05) is 0 Å². The predicted molar refractivity (Wildman–Crippen MR) is 49.5 cm³/mol. The first-order valence-electron chi connectivity index (χ1n) is 2.49. The third-order valence-electron chi connectivity index (χ3n) is 0.421. The van der Waals surface area contributed by atoms with E-state index in [1.54, 1.807) is 0 Å². The van der Waals surface area contributed by atoms with E-state index in [0.29, 0.717) is 0 Å². The van der Waals surface area contributed by atoms with Gasteiger partial charge in [-0.1, -0.05) is 0 Å². The van der Waals surface area contributed by atoms with Gasteiger partial charge in [-0.25, -0.2) is 4.57 Å². The molecule has 10 nitrogen and oxygen atoms in total. The van der Waals surface area contributed by atoms with E-state index in [0.717, 1.165) is 0 Å². The Morgan fingerprint density at radius 1 is 0.929 bits per heavy atom. The maximum Gasteiger partial charge on any atom is 0.466 e. The molecule has 14 heavy (non-hydrogen) atoms. The van der Waals surface area contributed by atoms with E-state index < -0.39 is 13.9 Å². The molecule has 94 valence electrons. The van der Waals surface area contributed by atoms with Gasteiger partial charge in [-0.15, -0.1) is 0 Å². The second-order valence-corrected chi connectivity index (χ2v) is 2.56. The third kappa shape index (κ3) is 93.6. The molecule has 0 aromatic carbocycles. The first-order valence-corrected chi connectivity index (χ1v) is 4.05. The van der Waals surface area contributed by atoms with Crippen LogP contribution in [0.4, 0.5) is 0 Å². The molecule has 0 bridgehead atoms. The van der Waals surface area contributed by atoms with Crippen LogP contribution in [-0.4, -0.2) is 49.3 Å². The largest absolute Gasteiger partial charge is 0.466 e. The quantitative estimate of drug-likeness (QED) is 0.238. The van der Waals surface area contributed by atoms with Gasteiger partial charge >= 0.3 is 7.82 Å². The number of hydrogen-bond donors (Lipinski definition) is 9. The van der Waals surface area contributed by atoms with Crippen molar-refractivity contribution in [2.75, 3.05) is 13.2 Å². The zero-order chi connectivity index (χ0) is 9.49. The van der Waals surface area contributed by atoms with Crippen molar-refractivity contribution in [1.82, 2.24) is 18.5 Å². The highest BCUT2D eigenvalue weighted by atomic mass is 31.2. The minimum absolute atomic E-state index is 0. The molecule has 0 spiro atoms. The molecule has 0 fully saturated rings. The Labute approximate surface area is 81.2 Å². The average molecular weight is 241 g/mol. The lowest BCUT2D eigenvalue weighted by Gasteiger charge is -1.96. The number of aliphatic hydroxyl groups is 3. The molecular weight excluding hydrogens is 221 g/mol. The summed E-state index contributed by atoms with van der Waals surface area (Å²) in [5.74, 6) is 0. The van der Waals surface area contributed by atoms with Crippen LogP contribution in [0.15, 0.2) is 0 Å². The van der Waals surface area contributed by atoms with Crippen LogP contribution in [-0.2, 0) is 4.57 Å². The summed E-state index contributed by atoms with van der Waals surface area (Å²) in [4.78, 5) is 21.6. The summed E-state index contributed by atoms with van der Waals surface area (Å²) in [7, 11) is -4.64. The van der Waals surface area contributed by atoms with Crippen molar-refractivity contribution in [3.8, 4) is 0 Å². The highest BCUT2D eigenvalue weighted by Crippen LogP contribution is 2.25. The summed E-state index contributed by atoms with van der Waals surface area (Å²) in [6, 6.07) is 0. The van der Waals surface area contributed by atoms with Crippen molar-refractivity contribution in [1.29, 1.82) is 0 Å². The van der Waals surface area contributed by atoms with Crippen LogP contribution in [0.2, 0.25) is 0 Å². The Balaban J connectivity index is -0.0000000321. The molecule has 0 saturated carbocycles. The molecule has 0 aliphatic heterocycles. The molecule has 0 aromatic rings. The Morgan fingerprint density at radius 3 is 1.07 bits per heavy atom. The number of phosphoric acid groups is 1. The molecule has 0 aromatic heterocycles. The van der Waals surface area contributed by atoms with E-state index in [-0.39, 0.29) is 31.7 Å². The Hall–Kier alpha value is -0.130. The maximum atomic E-state index is 8.88. The molecule has 15 N–H and O–H groups in total. The van der Waals surface area contributed by atoms with Crippen LogP contribution in [0.5, 0.6) is 0 Å². The van der Waals surface area contributed by atoms with Crippen molar-refractivity contribution in [3.05, 3.63) is 0 Å². The monoisotopic (exact) mass is 241 g/mol. The molecule has 0 amide bonds. The SMILES string of the molecule is N.N.N.O=P(O)(O)O.OCC(O)CO. The molecule has 11 heteroatoms. The van der Waals surface area contributed by atoms with E-state index in [9.17, 15) is 0 Å². The van der Waals surface area contributed by atoms with E-state index in [1.165, 1.54) is 0 Å². The highest BCUT2D eigenvalue weighted by Gasteiger charge is 2.00. The van der Waals surface area contributed by atoms with Crippen LogP contribution < -0.4 is 18.5 Å². The molecule has 0 aliphatic carbocycles. The second kappa shape index (κ2) is 15.3. The molecule has 0 saturated heterocycles. The normalized spacial score (nSPS) is 8.50. The summed E-state index contributed by atoms with van der Waals surface area (Å²) in [6.45, 7) is -0.729. The number of aliphatic hydroxyl groups excluding tert-OH is 3. The first kappa shape index (κ1) is 29.2. The minimum atomic E-state index is -4.64. The number of hydrogen-bond acceptors (Lipinski definition) is 7. The van der Waals surface area contributed by atoms with E-state index in [1.807, 2.05) is 0 Å². The fourth-order valence-electron chi connectivity index (χ4n) is 0.0577. The fourth-order valence-corrected chi connectivity index (χ4v) is 0.0577. The van der Waals surface area contributed by atoms with Gasteiger partial charge in [0.15, 0.2) is 0 Å². The van der Waals surface area contributed by atoms with E-state index >= 15 is 0 Å². The Bertz CT molecular complexity index is 117. The van der Waals surface area contributed by atoms with Gasteiger partial charge in [-0.05, 0) is 0 Å². The van der Waals surface area contributed by atoms with Gasteiger partial charge in [-0.2, -0.15) is 0 Å². The standard InChI is InChI=1S/C3H8O3.3H3N.H3O4P/c4-1-3(6)2-5;;;;1-5(2,3)4/h3-6H,1-2H2;3*1H3;(H3,1,2,3,4). The van der Waals surface area contributed by atoms with Crippen molar-refractivity contribution >= 4 is 7.82 Å². The van der Waals surface area contributed by atoms with Gasteiger partial charge < -0.3 is 48.5 Å². The van der Waals surface area contributed by atoms with Gasteiger partial charge in [0.1, 0.15) is 6.10 Å². The molecule has 0 unspecified atom stereocenters. The smallest absolute Gasteiger partial charge is 0.394 e. The summed E-state index contributed by atoms with van der Waals surface area (Å²) in [5.41, 5.74) is 0. The lowest BCUT2D eigenvalue weighted by atomic mass is 10.4. The lowest BCUT2D eigenvalue weighted by molar-refractivity contribution is 0.0450. The summed E-state index contributed by atoms with van der Waals surface area (Å²) < 4.78 is 8.88. The minimum Gasteiger partial charge on any atom is -0.394 e. The van der Waals surface area contributed by atoms with Gasteiger partial charge in [-0.3, -0.25) is 0 Å². The molecule has 0 heterocycles. The molecule has 0 rings (SSSR count). The summed E-state index contributed by atoms with van der Waals surface area (Å²) in [6.07, 6.45) is -0.954. The molecule has 0 aliphatic rings. The van der Waals surface area contributed by atoms with Crippen LogP contribution in [0.1, 0.15) is 0 Å². The van der Waals surface area contributed by atoms with Crippen LogP contribution in [0, 0.1) is 0 Å². The zero-order valence-electron chi connectivity index (χ0n) is 7.65. The van der Waals surface area contributed by atoms with Crippen molar-refractivity contribution in [3.63, 3.8) is 0 Å². The third-order valence-corrected chi connectivity index (χ3v) is 0.421. The van der Waals surface area contributed by atoms with Crippen LogP contribution >= 0.6 is 7.82 Å². The lowest BCUT2D eigenvalue weighted by Crippen LogP contribution is -2.15. The van der Waals surface area contributed by atoms with Gasteiger partial charge in [0.25, 0.3) is 0 Å². The maximum absolute atomic E-state index is 8.88. The first-order chi connectivity index (χ1) is 4.81. The molecule has 0 radical (unpaired) electrons. The number of rotatable bonds is 2. The van der Waals surface area contributed by atoms with Gasteiger partial charge in [0.2, 0.25) is 0 Å². The Morgan fingerprint density at radius 2 is 1.07 bits per heavy atom. The average Bonchev–Trinajstić information content (AvgIpc) is 1.83. The zero-order valence-corrected chi connectivity index (χ0v) is 8.55. The fraction of sp³-hybridized carbons (Fsp3) is 1.00. The Kier molecular flexibility index (Phi) is 32.0. The topological polar surface area (TPSA) is 243 Å². The predicted octanol–water partition coefficient (Wildman–Crippen LogP) is -2.11. The summed E-state index contributed by atoms with van der Waals surface area (Å²) >= 11 is 0.